The van der Waals surface area contributed by atoms with Crippen LogP contribution < -0.4 is 49.0 Å². The summed E-state index contributed by atoms with van der Waals surface area (Å²) in [5, 5.41) is 44.5. The normalized spacial score (nSPS) is 14.7. The van der Waals surface area contributed by atoms with Crippen LogP contribution >= 0.6 is 31.9 Å². The molecule has 14 rings (SSSR count). The number of hydrogen-bond acceptors (Lipinski definition) is 16. The predicted octanol–water partition coefficient (Wildman–Crippen LogP) is 12.3. The lowest BCUT2D eigenvalue weighted by Crippen LogP contribution is -2.27. The van der Waals surface area contributed by atoms with Gasteiger partial charge in [0.15, 0.2) is 34.5 Å². The Labute approximate surface area is 587 Å². The van der Waals surface area contributed by atoms with Crippen LogP contribution in [0.25, 0.3) is 11.1 Å². The molecule has 0 saturated heterocycles. The maximum atomic E-state index is 13.4. The number of carboxylic acids is 1. The molecule has 25 heteroatoms. The highest BCUT2D eigenvalue weighted by Crippen LogP contribution is 2.54. The molecule has 503 valence electrons. The number of halogens is 2. The first-order valence-corrected chi connectivity index (χ1v) is 32.9. The zero-order chi connectivity index (χ0) is 70.2. The average molecular weight is 1460 g/mol. The Bertz CT molecular complexity index is 4540. The van der Waals surface area contributed by atoms with Crippen molar-refractivity contribution in [3.05, 3.63) is 211 Å². The largest absolute Gasteiger partial charge is 0.569 e. The van der Waals surface area contributed by atoms with E-state index >= 15 is 0 Å². The van der Waals surface area contributed by atoms with E-state index in [1.165, 1.54) is 15.9 Å². The number of ether oxygens (including phenoxy) is 6. The van der Waals surface area contributed by atoms with Crippen molar-refractivity contribution in [3.8, 4) is 63.5 Å². The molecule has 99 heavy (non-hydrogen) atoms. The fourth-order valence-electron chi connectivity index (χ4n) is 11.5. The average Bonchev–Trinajstić information content (AvgIpc) is 1.60. The van der Waals surface area contributed by atoms with Gasteiger partial charge >= 0.3 is 13.7 Å². The third-order valence-corrected chi connectivity index (χ3v) is 18.9. The summed E-state index contributed by atoms with van der Waals surface area (Å²) >= 11 is 6.67. The van der Waals surface area contributed by atoms with Crippen molar-refractivity contribution in [2.45, 2.75) is 67.6 Å². The zero-order valence-corrected chi connectivity index (χ0v) is 57.3. The standard InChI is InChI=1S/C28H25N3O4.C19H15BrN2O3.C18H14BrNO5.C9H11BNO3/c1-31(2)26(32)20-5-3-18(4-6-20)23-16-22(9-7-19(23)11-14-29)30-27(33)28(12-13-28)21-8-10-24-25(15-21)35-17-34-24;20-15-10-14(3-1-12(15)5-8-21)22-18(23)19(6-7-19)13-2-4-16-17(9-13)25-11-24-16;19-13-8-11(2-3-12(13)16(21)22)20-17(23)18(5-6-18)10-1-4-14-15(7-10)25-9-24-14;1-11(2)9(12)7-3-5-8(6-4-7)14-10-13/h3-10,15-16H,11-13,17H2,1-2H3,(H,30,33);1-4,9-10H,5-7,11H2,(H,22,23);1-4,7-8H,5-6,9H2,(H,20,23)(H,21,22);3-6,13H,1-2H3. The maximum Gasteiger partial charge on any atom is 0.569 e. The summed E-state index contributed by atoms with van der Waals surface area (Å²) in [5.74, 6) is 3.25. The minimum absolute atomic E-state index is 0.0219. The van der Waals surface area contributed by atoms with Gasteiger partial charge in [-0.2, -0.15) is 10.5 Å². The summed E-state index contributed by atoms with van der Waals surface area (Å²) in [6.45, 7) is 0.614. The Morgan fingerprint density at radius 3 is 1.23 bits per heavy atom. The van der Waals surface area contributed by atoms with Gasteiger partial charge in [0.05, 0.1) is 46.8 Å². The monoisotopic (exact) mass is 1460 g/mol. The molecule has 0 aromatic heterocycles. The first-order valence-electron chi connectivity index (χ1n) is 31.3. The number of fused-ring (bicyclic) bond motifs is 3. The smallest absolute Gasteiger partial charge is 0.537 e. The van der Waals surface area contributed by atoms with Gasteiger partial charge < -0.3 is 69.0 Å². The number of rotatable bonds is 17. The minimum atomic E-state index is -1.02. The van der Waals surface area contributed by atoms with Gasteiger partial charge in [0.2, 0.25) is 38.1 Å². The number of anilines is 3. The molecule has 6 aliphatic rings. The van der Waals surface area contributed by atoms with E-state index in [2.05, 4.69) is 59.9 Å². The van der Waals surface area contributed by atoms with Gasteiger partial charge in [0.1, 0.15) is 5.75 Å². The van der Waals surface area contributed by atoms with Gasteiger partial charge in [-0.1, -0.05) is 58.4 Å². The molecule has 8 aromatic carbocycles. The van der Waals surface area contributed by atoms with E-state index in [0.29, 0.717) is 81.3 Å². The topological polar surface area (TPSA) is 298 Å². The molecule has 3 aliphatic heterocycles. The van der Waals surface area contributed by atoms with Crippen molar-refractivity contribution in [2.24, 2.45) is 0 Å². The van der Waals surface area contributed by atoms with E-state index in [0.717, 1.165) is 87.7 Å². The second-order valence-corrected chi connectivity index (χ2v) is 26.1. The van der Waals surface area contributed by atoms with Crippen molar-refractivity contribution in [2.75, 3.05) is 64.5 Å². The van der Waals surface area contributed by atoms with Gasteiger partial charge in [-0.25, -0.2) is 4.79 Å². The van der Waals surface area contributed by atoms with Crippen molar-refractivity contribution in [3.63, 3.8) is 0 Å². The second-order valence-electron chi connectivity index (χ2n) is 24.4. The summed E-state index contributed by atoms with van der Waals surface area (Å²) in [4.78, 5) is 76.8. The molecule has 5 N–H and O–H groups in total. The Hall–Kier alpha value is -10.9. The van der Waals surface area contributed by atoms with Crippen LogP contribution in [0.3, 0.4) is 0 Å². The molecule has 0 spiro atoms. The molecule has 0 atom stereocenters. The molecule has 3 saturated carbocycles. The van der Waals surface area contributed by atoms with Crippen molar-refractivity contribution < 1.29 is 72.0 Å². The fraction of sp³-hybridized carbons (Fsp3) is 0.243. The van der Waals surface area contributed by atoms with Crippen LogP contribution in [0.4, 0.5) is 17.1 Å². The van der Waals surface area contributed by atoms with Crippen LogP contribution in [0.15, 0.2) is 167 Å². The quantitative estimate of drug-likeness (QED) is 0.0529. The van der Waals surface area contributed by atoms with E-state index in [-0.39, 0.29) is 61.9 Å². The third kappa shape index (κ3) is 15.6. The number of nitriles is 2. The van der Waals surface area contributed by atoms with Crippen LogP contribution in [-0.4, -0.2) is 112 Å². The summed E-state index contributed by atoms with van der Waals surface area (Å²) in [6.07, 6.45) is 5.23. The maximum absolute atomic E-state index is 13.4. The van der Waals surface area contributed by atoms with Gasteiger partial charge in [-0.3, -0.25) is 24.0 Å². The molecule has 0 bridgehead atoms. The molecule has 22 nitrogen and oxygen atoms in total. The molecular weight excluding hydrogens is 1400 g/mol. The molecule has 5 amide bonds. The highest BCUT2D eigenvalue weighted by atomic mass is 79.9. The van der Waals surface area contributed by atoms with Crippen molar-refractivity contribution in [1.82, 2.24) is 9.80 Å². The number of carbonyl (C=O) groups is 6. The Kier molecular flexibility index (Phi) is 21.0. The lowest BCUT2D eigenvalue weighted by atomic mass is 9.93. The number of amides is 5. The number of carboxylic acid groups (broad SMARTS) is 1. The summed E-state index contributed by atoms with van der Waals surface area (Å²) in [5.41, 5.74) is 7.84. The van der Waals surface area contributed by atoms with Gasteiger partial charge in [-0.05, 0) is 209 Å². The molecule has 0 unspecified atom stereocenters. The van der Waals surface area contributed by atoms with Crippen molar-refractivity contribution in [1.29, 1.82) is 10.5 Å². The number of benzene rings is 8. The zero-order valence-electron chi connectivity index (χ0n) is 54.1. The number of nitrogens with one attached hydrogen (secondary N) is 3. The lowest BCUT2D eigenvalue weighted by Gasteiger charge is -2.18. The van der Waals surface area contributed by atoms with Crippen LogP contribution in [0.2, 0.25) is 0 Å². The molecule has 3 heterocycles. The van der Waals surface area contributed by atoms with Gasteiger partial charge in [0.25, 0.3) is 11.8 Å². The van der Waals surface area contributed by atoms with Crippen LogP contribution in [0.5, 0.6) is 40.2 Å². The molecule has 3 fully saturated rings. The number of hydrogen-bond donors (Lipinski definition) is 5. The first kappa shape index (κ1) is 69.5. The van der Waals surface area contributed by atoms with E-state index in [9.17, 15) is 34.0 Å². The Morgan fingerprint density at radius 2 is 0.859 bits per heavy atom. The summed E-state index contributed by atoms with van der Waals surface area (Å²) in [6, 6.07) is 50.8. The van der Waals surface area contributed by atoms with Gasteiger partial charge in [-0.15, -0.1) is 0 Å². The minimum Gasteiger partial charge on any atom is -0.537 e. The first-order chi connectivity index (χ1) is 47.7. The van der Waals surface area contributed by atoms with E-state index in [1.807, 2.05) is 103 Å². The lowest BCUT2D eigenvalue weighted by molar-refractivity contribution is -0.119. The fourth-order valence-corrected chi connectivity index (χ4v) is 12.5. The van der Waals surface area contributed by atoms with Crippen LogP contribution in [0.1, 0.15) is 97.4 Å². The van der Waals surface area contributed by atoms with Gasteiger partial charge in [0, 0.05) is 65.3 Å². The molecule has 8 aromatic rings. The highest BCUT2D eigenvalue weighted by molar-refractivity contribution is 9.10. The number of nitrogens with zero attached hydrogens (tertiary/aromatic N) is 4. The molecule has 1 radical (unpaired) electrons. The highest BCUT2D eigenvalue weighted by Gasteiger charge is 2.54. The van der Waals surface area contributed by atoms with Crippen molar-refractivity contribution >= 4 is 92.1 Å². The summed E-state index contributed by atoms with van der Waals surface area (Å²) in [7, 11) is 7.40. The second kappa shape index (κ2) is 29.9. The molecular formula is C74H65BBr2N7O15. The summed E-state index contributed by atoms with van der Waals surface area (Å²) < 4.78 is 38.3. The van der Waals surface area contributed by atoms with E-state index < -0.39 is 22.2 Å². The molecule has 3 aliphatic carbocycles. The van der Waals surface area contributed by atoms with E-state index in [1.54, 1.807) is 76.7 Å². The third-order valence-electron chi connectivity index (χ3n) is 17.5. The Morgan fingerprint density at radius 1 is 0.485 bits per heavy atom. The van der Waals surface area contributed by atoms with E-state index in [4.69, 9.17) is 48.5 Å². The number of carbonyl (C=O) groups excluding carboxylic acids is 5. The Balaban J connectivity index is 0.000000139. The van der Waals surface area contributed by atoms with Crippen LogP contribution in [0, 0.1) is 22.7 Å². The SMILES string of the molecule is CN(C)C(=O)c1ccc(-c2cc(NC(=O)C3(c4ccc5c(c4)OCO5)CC3)ccc2CC#N)cc1.CN(C)C(=O)c1ccc(O[B]O)cc1.N#CCc1ccc(NC(=O)C2(c3ccc4c(c3)OCO4)CC2)cc1Br.O=C(O)c1ccc(NC(=O)C2(c3ccc4c(c3)OCO4)CC2)cc1Br. The van der Waals surface area contributed by atoms with Crippen LogP contribution in [-0.2, 0) is 43.5 Å². The predicted molar refractivity (Wildman–Crippen MR) is 373 cm³/mol. The number of aromatic carboxylic acids is 1.